The molecule has 4 heteroatoms. The first-order valence-electron chi connectivity index (χ1n) is 7.95. The zero-order valence-electron chi connectivity index (χ0n) is 12.7. The molecule has 4 nitrogen and oxygen atoms in total. The highest BCUT2D eigenvalue weighted by molar-refractivity contribution is 5.76. The molecule has 0 aliphatic carbocycles. The molecule has 3 rings (SSSR count). The molecule has 2 unspecified atom stereocenters. The van der Waals surface area contributed by atoms with Gasteiger partial charge < -0.3 is 15.4 Å². The summed E-state index contributed by atoms with van der Waals surface area (Å²) in [6.45, 7) is 4.33. The molecular weight excluding hydrogens is 264 g/mol. The van der Waals surface area contributed by atoms with Crippen molar-refractivity contribution in [3.8, 4) is 0 Å². The lowest BCUT2D eigenvalue weighted by molar-refractivity contribution is -0.131. The molecule has 2 N–H and O–H groups in total. The zero-order valence-corrected chi connectivity index (χ0v) is 12.7. The van der Waals surface area contributed by atoms with Crippen LogP contribution in [0.4, 0.5) is 0 Å². The number of fused-ring (bicyclic) bond motifs is 1. The molecule has 1 saturated heterocycles. The van der Waals surface area contributed by atoms with E-state index in [1.165, 1.54) is 11.1 Å². The van der Waals surface area contributed by atoms with Crippen LogP contribution in [0.2, 0.25) is 0 Å². The van der Waals surface area contributed by atoms with Gasteiger partial charge in [0.2, 0.25) is 5.91 Å². The fourth-order valence-electron chi connectivity index (χ4n) is 3.27. The minimum Gasteiger partial charge on any atom is -0.376 e. The van der Waals surface area contributed by atoms with Gasteiger partial charge in [-0.1, -0.05) is 25.1 Å². The first-order chi connectivity index (χ1) is 10.2. The van der Waals surface area contributed by atoms with E-state index in [1.807, 2.05) is 11.8 Å². The Hall–Kier alpha value is -1.39. The van der Waals surface area contributed by atoms with Gasteiger partial charge in [-0.25, -0.2) is 0 Å². The Morgan fingerprint density at radius 2 is 2.24 bits per heavy atom. The number of hydrogen-bond acceptors (Lipinski definition) is 3. The van der Waals surface area contributed by atoms with Crippen LogP contribution in [-0.4, -0.2) is 23.5 Å². The van der Waals surface area contributed by atoms with Crippen molar-refractivity contribution >= 4 is 5.91 Å². The van der Waals surface area contributed by atoms with Crippen molar-refractivity contribution in [2.24, 2.45) is 5.73 Å². The molecule has 0 radical (unpaired) electrons. The third-order valence-electron chi connectivity index (χ3n) is 4.52. The first kappa shape index (κ1) is 14.5. The van der Waals surface area contributed by atoms with Crippen LogP contribution in [0, 0.1) is 0 Å². The molecule has 0 bridgehead atoms. The van der Waals surface area contributed by atoms with E-state index in [-0.39, 0.29) is 18.1 Å². The van der Waals surface area contributed by atoms with Crippen molar-refractivity contribution in [3.63, 3.8) is 0 Å². The summed E-state index contributed by atoms with van der Waals surface area (Å²) in [5, 5.41) is 0. The van der Waals surface area contributed by atoms with Gasteiger partial charge >= 0.3 is 0 Å². The van der Waals surface area contributed by atoms with E-state index in [4.69, 9.17) is 10.5 Å². The minimum atomic E-state index is -0.0572. The highest BCUT2D eigenvalue weighted by Gasteiger charge is 2.27. The lowest BCUT2D eigenvalue weighted by atomic mass is 9.97. The Morgan fingerprint density at radius 3 is 2.95 bits per heavy atom. The SMILES string of the molecule is CCCC(=O)N1Cc2ccc(C(N)C3CCCO3)cc2C1. The van der Waals surface area contributed by atoms with Crippen molar-refractivity contribution < 1.29 is 9.53 Å². The monoisotopic (exact) mass is 288 g/mol. The molecule has 0 saturated carbocycles. The molecule has 2 heterocycles. The van der Waals surface area contributed by atoms with E-state index in [9.17, 15) is 4.79 Å². The second kappa shape index (κ2) is 6.16. The summed E-state index contributed by atoms with van der Waals surface area (Å²) in [5.74, 6) is 0.249. The number of amides is 1. The largest absolute Gasteiger partial charge is 0.376 e. The summed E-state index contributed by atoms with van der Waals surface area (Å²) >= 11 is 0. The summed E-state index contributed by atoms with van der Waals surface area (Å²) in [6.07, 6.45) is 3.82. The maximum absolute atomic E-state index is 12.0. The van der Waals surface area contributed by atoms with E-state index < -0.39 is 0 Å². The van der Waals surface area contributed by atoms with Gasteiger partial charge in [-0.2, -0.15) is 0 Å². The normalized spacial score (nSPS) is 22.4. The smallest absolute Gasteiger partial charge is 0.223 e. The number of carbonyl (C=O) groups excluding carboxylic acids is 1. The van der Waals surface area contributed by atoms with E-state index in [1.54, 1.807) is 0 Å². The Morgan fingerprint density at radius 1 is 1.43 bits per heavy atom. The number of nitrogens with zero attached hydrogens (tertiary/aromatic N) is 1. The minimum absolute atomic E-state index is 0.0572. The zero-order chi connectivity index (χ0) is 14.8. The van der Waals surface area contributed by atoms with Gasteiger partial charge in [-0.3, -0.25) is 4.79 Å². The molecule has 1 aromatic carbocycles. The van der Waals surface area contributed by atoms with Crippen LogP contribution in [0.5, 0.6) is 0 Å². The maximum atomic E-state index is 12.0. The first-order valence-corrected chi connectivity index (χ1v) is 7.95. The van der Waals surface area contributed by atoms with Crippen LogP contribution in [0.3, 0.4) is 0 Å². The average Bonchev–Trinajstić information content (AvgIpc) is 3.15. The van der Waals surface area contributed by atoms with Gasteiger partial charge in [0.15, 0.2) is 0 Å². The van der Waals surface area contributed by atoms with Crippen LogP contribution < -0.4 is 5.73 Å². The van der Waals surface area contributed by atoms with Crippen LogP contribution >= 0.6 is 0 Å². The Kier molecular flexibility index (Phi) is 4.27. The molecule has 21 heavy (non-hydrogen) atoms. The van der Waals surface area contributed by atoms with Crippen LogP contribution in [0.1, 0.15) is 55.3 Å². The topological polar surface area (TPSA) is 55.6 Å². The van der Waals surface area contributed by atoms with Crippen LogP contribution in [0.15, 0.2) is 18.2 Å². The Labute approximate surface area is 126 Å². The van der Waals surface area contributed by atoms with E-state index >= 15 is 0 Å². The number of benzene rings is 1. The predicted molar refractivity (Wildman–Crippen MR) is 81.5 cm³/mol. The third kappa shape index (κ3) is 2.97. The Bertz CT molecular complexity index is 524. The van der Waals surface area contributed by atoms with Crippen LogP contribution in [-0.2, 0) is 22.6 Å². The molecule has 114 valence electrons. The summed E-state index contributed by atoms with van der Waals surface area (Å²) in [6, 6.07) is 6.33. The van der Waals surface area contributed by atoms with Crippen molar-refractivity contribution in [2.45, 2.75) is 57.8 Å². The highest BCUT2D eigenvalue weighted by atomic mass is 16.5. The second-order valence-corrected chi connectivity index (χ2v) is 6.11. The molecule has 1 aromatic rings. The van der Waals surface area contributed by atoms with Gasteiger partial charge in [0, 0.05) is 26.1 Å². The molecule has 0 aromatic heterocycles. The standard InChI is InChI=1S/C17H24N2O2/c1-2-4-16(20)19-10-13-7-6-12(9-14(13)11-19)17(18)15-5-3-8-21-15/h6-7,9,15,17H,2-5,8,10-11,18H2,1H3. The fraction of sp³-hybridized carbons (Fsp3) is 0.588. The molecule has 1 fully saturated rings. The van der Waals surface area contributed by atoms with Crippen molar-refractivity contribution in [2.75, 3.05) is 6.61 Å². The number of hydrogen-bond donors (Lipinski definition) is 1. The lowest BCUT2D eigenvalue weighted by Gasteiger charge is -2.19. The summed E-state index contributed by atoms with van der Waals surface area (Å²) < 4.78 is 5.69. The van der Waals surface area contributed by atoms with Gasteiger partial charge in [0.1, 0.15) is 0 Å². The second-order valence-electron chi connectivity index (χ2n) is 6.11. The molecule has 2 aliphatic heterocycles. The van der Waals surface area contributed by atoms with Gasteiger partial charge in [-0.05, 0) is 36.0 Å². The molecule has 2 aliphatic rings. The van der Waals surface area contributed by atoms with Crippen LogP contribution in [0.25, 0.3) is 0 Å². The number of nitrogens with two attached hydrogens (primary N) is 1. The lowest BCUT2D eigenvalue weighted by Crippen LogP contribution is -2.25. The van der Waals surface area contributed by atoms with Gasteiger partial charge in [0.05, 0.1) is 12.1 Å². The summed E-state index contributed by atoms with van der Waals surface area (Å²) in [5.41, 5.74) is 9.95. The van der Waals surface area contributed by atoms with Gasteiger partial charge in [-0.15, -0.1) is 0 Å². The summed E-state index contributed by atoms with van der Waals surface area (Å²) in [7, 11) is 0. The fourth-order valence-corrected chi connectivity index (χ4v) is 3.27. The highest BCUT2D eigenvalue weighted by Crippen LogP contribution is 2.30. The van der Waals surface area contributed by atoms with E-state index in [2.05, 4.69) is 18.2 Å². The Balaban J connectivity index is 1.72. The van der Waals surface area contributed by atoms with E-state index in [0.29, 0.717) is 6.42 Å². The molecule has 0 spiro atoms. The average molecular weight is 288 g/mol. The molecule has 2 atom stereocenters. The number of rotatable bonds is 4. The predicted octanol–water partition coefficient (Wildman–Crippen LogP) is 2.51. The van der Waals surface area contributed by atoms with Crippen molar-refractivity contribution in [1.29, 1.82) is 0 Å². The third-order valence-corrected chi connectivity index (χ3v) is 4.52. The van der Waals surface area contributed by atoms with Gasteiger partial charge in [0.25, 0.3) is 0 Å². The maximum Gasteiger partial charge on any atom is 0.223 e. The van der Waals surface area contributed by atoms with Crippen molar-refractivity contribution in [3.05, 3.63) is 34.9 Å². The molecular formula is C17H24N2O2. The summed E-state index contributed by atoms with van der Waals surface area (Å²) in [4.78, 5) is 14.0. The quantitative estimate of drug-likeness (QED) is 0.926. The van der Waals surface area contributed by atoms with Crippen molar-refractivity contribution in [1.82, 2.24) is 4.90 Å². The number of carbonyl (C=O) groups is 1. The number of ether oxygens (including phenoxy) is 1. The van der Waals surface area contributed by atoms with E-state index in [0.717, 1.165) is 44.5 Å². The molecule has 1 amide bonds.